The number of benzene rings is 2. The number of carbonyl (C=O) groups is 1. The van der Waals surface area contributed by atoms with Gasteiger partial charge in [0.25, 0.3) is 11.5 Å². The molecule has 0 radical (unpaired) electrons. The van der Waals surface area contributed by atoms with Crippen molar-refractivity contribution in [2.24, 2.45) is 0 Å². The van der Waals surface area contributed by atoms with Crippen molar-refractivity contribution in [1.82, 2.24) is 19.7 Å². The molecule has 0 saturated carbocycles. The van der Waals surface area contributed by atoms with Gasteiger partial charge in [0.2, 0.25) is 5.69 Å². The van der Waals surface area contributed by atoms with Gasteiger partial charge in [-0.25, -0.2) is 9.18 Å². The number of nitrogens with one attached hydrogen (secondary N) is 1. The van der Waals surface area contributed by atoms with Gasteiger partial charge in [-0.15, -0.1) is 0 Å². The second kappa shape index (κ2) is 8.64. The van der Waals surface area contributed by atoms with Crippen molar-refractivity contribution >= 4 is 5.91 Å². The van der Waals surface area contributed by atoms with E-state index in [1.807, 2.05) is 26.0 Å². The lowest BCUT2D eigenvalue weighted by molar-refractivity contribution is 0.0944. The predicted octanol–water partition coefficient (Wildman–Crippen LogP) is 2.03. The zero-order valence-electron chi connectivity index (χ0n) is 16.2. The minimum Gasteiger partial charge on any atom is -0.350 e. The van der Waals surface area contributed by atoms with E-state index in [9.17, 15) is 18.8 Å². The fourth-order valence-electron chi connectivity index (χ4n) is 2.77. The number of rotatable bonds is 6. The highest BCUT2D eigenvalue weighted by Crippen LogP contribution is 2.07. The third-order valence-corrected chi connectivity index (χ3v) is 4.32. The lowest BCUT2D eigenvalue weighted by Crippen LogP contribution is -2.46. The van der Waals surface area contributed by atoms with Gasteiger partial charge in [0.05, 0.1) is 12.2 Å². The van der Waals surface area contributed by atoms with Crippen LogP contribution < -0.4 is 16.6 Å². The summed E-state index contributed by atoms with van der Waals surface area (Å²) in [5.41, 5.74) is -0.101. The molecular formula is C21H21FN4O3. The van der Waals surface area contributed by atoms with E-state index in [1.54, 1.807) is 12.1 Å². The van der Waals surface area contributed by atoms with E-state index in [0.717, 1.165) is 20.9 Å². The number of carbonyl (C=O) groups excluding carboxylic acids is 1. The van der Waals surface area contributed by atoms with E-state index in [1.165, 1.54) is 18.2 Å². The molecule has 1 aromatic heterocycles. The Bertz CT molecular complexity index is 1150. The molecule has 0 bridgehead atoms. The number of aryl methyl sites for hydroxylation is 1. The van der Waals surface area contributed by atoms with Crippen LogP contribution in [0, 0.1) is 12.7 Å². The molecule has 7 nitrogen and oxygen atoms in total. The van der Waals surface area contributed by atoms with Gasteiger partial charge in [-0.1, -0.05) is 42.8 Å². The fraction of sp³-hybridized carbons (Fsp3) is 0.238. The molecule has 0 aliphatic heterocycles. The molecule has 1 amide bonds. The molecule has 0 atom stereocenters. The van der Waals surface area contributed by atoms with Crippen LogP contribution in [0.5, 0.6) is 0 Å². The second-order valence-corrected chi connectivity index (χ2v) is 6.66. The molecule has 2 aromatic carbocycles. The SMILES string of the molecule is CCCNC(=O)c1nn(-c2cccc(F)c2)c(=O)n(Cc2ccc(C)cc2)c1=O. The zero-order valence-corrected chi connectivity index (χ0v) is 16.2. The first-order valence-electron chi connectivity index (χ1n) is 9.24. The summed E-state index contributed by atoms with van der Waals surface area (Å²) in [4.78, 5) is 38.3. The third-order valence-electron chi connectivity index (χ3n) is 4.32. The zero-order chi connectivity index (χ0) is 21.0. The summed E-state index contributed by atoms with van der Waals surface area (Å²) in [6, 6.07) is 12.6. The van der Waals surface area contributed by atoms with Crippen LogP contribution in [0.1, 0.15) is 35.0 Å². The van der Waals surface area contributed by atoms with Crippen molar-refractivity contribution in [2.75, 3.05) is 6.54 Å². The van der Waals surface area contributed by atoms with Crippen molar-refractivity contribution < 1.29 is 9.18 Å². The Morgan fingerprint density at radius 1 is 1.14 bits per heavy atom. The average Bonchev–Trinajstić information content (AvgIpc) is 2.71. The van der Waals surface area contributed by atoms with Crippen LogP contribution >= 0.6 is 0 Å². The fourth-order valence-corrected chi connectivity index (χ4v) is 2.77. The Hall–Kier alpha value is -3.55. The topological polar surface area (TPSA) is 86.0 Å². The van der Waals surface area contributed by atoms with E-state index >= 15 is 0 Å². The molecular weight excluding hydrogens is 375 g/mol. The van der Waals surface area contributed by atoms with Crippen molar-refractivity contribution in [3.63, 3.8) is 0 Å². The molecule has 3 aromatic rings. The number of hydrogen-bond donors (Lipinski definition) is 1. The summed E-state index contributed by atoms with van der Waals surface area (Å²) in [5.74, 6) is -1.25. The summed E-state index contributed by atoms with van der Waals surface area (Å²) in [6.07, 6.45) is 0.673. The van der Waals surface area contributed by atoms with Gasteiger partial charge in [-0.3, -0.25) is 14.2 Å². The Labute approximate surface area is 166 Å². The molecule has 0 aliphatic carbocycles. The molecule has 3 rings (SSSR count). The average molecular weight is 396 g/mol. The molecule has 1 N–H and O–H groups in total. The van der Waals surface area contributed by atoms with Gasteiger partial charge < -0.3 is 5.32 Å². The number of amides is 1. The molecule has 0 fully saturated rings. The van der Waals surface area contributed by atoms with Gasteiger partial charge in [0, 0.05) is 6.54 Å². The smallest absolute Gasteiger partial charge is 0.350 e. The van der Waals surface area contributed by atoms with Crippen LogP contribution in [0.25, 0.3) is 5.69 Å². The van der Waals surface area contributed by atoms with Crippen molar-refractivity contribution in [1.29, 1.82) is 0 Å². The van der Waals surface area contributed by atoms with Gasteiger partial charge in [-0.05, 0) is 37.1 Å². The van der Waals surface area contributed by atoms with Crippen LogP contribution in [-0.4, -0.2) is 26.8 Å². The van der Waals surface area contributed by atoms with Gasteiger partial charge in [0.1, 0.15) is 5.82 Å². The normalized spacial score (nSPS) is 10.7. The Kier molecular flexibility index (Phi) is 6.01. The summed E-state index contributed by atoms with van der Waals surface area (Å²) in [5, 5.41) is 6.54. The summed E-state index contributed by atoms with van der Waals surface area (Å²) in [7, 11) is 0. The summed E-state index contributed by atoms with van der Waals surface area (Å²) >= 11 is 0. The quantitative estimate of drug-likeness (QED) is 0.691. The summed E-state index contributed by atoms with van der Waals surface area (Å²) in [6.45, 7) is 4.12. The first-order valence-corrected chi connectivity index (χ1v) is 9.24. The van der Waals surface area contributed by atoms with E-state index in [-0.39, 0.29) is 12.2 Å². The largest absolute Gasteiger partial charge is 0.352 e. The number of hydrogen-bond acceptors (Lipinski definition) is 4. The molecule has 1 heterocycles. The first kappa shape index (κ1) is 20.2. The minimum atomic E-state index is -0.795. The van der Waals surface area contributed by atoms with Crippen LogP contribution in [0.4, 0.5) is 4.39 Å². The second-order valence-electron chi connectivity index (χ2n) is 6.66. The van der Waals surface area contributed by atoms with E-state index in [4.69, 9.17) is 0 Å². The maximum Gasteiger partial charge on any atom is 0.352 e. The van der Waals surface area contributed by atoms with Gasteiger partial charge in [0.15, 0.2) is 0 Å². The Balaban J connectivity index is 2.18. The lowest BCUT2D eigenvalue weighted by atomic mass is 10.1. The van der Waals surface area contributed by atoms with Gasteiger partial charge >= 0.3 is 5.69 Å². The standard InChI is InChI=1S/C21H21FN4O3/c1-3-11-23-19(27)18-20(28)25(13-15-9-7-14(2)8-10-15)21(29)26(24-18)17-6-4-5-16(22)12-17/h4-10,12H,3,11,13H2,1-2H3,(H,23,27). The van der Waals surface area contributed by atoms with Crippen LogP contribution in [0.3, 0.4) is 0 Å². The molecule has 0 spiro atoms. The number of halogens is 1. The van der Waals surface area contributed by atoms with Crippen LogP contribution in [0.15, 0.2) is 58.1 Å². The predicted molar refractivity (Wildman–Crippen MR) is 107 cm³/mol. The maximum absolute atomic E-state index is 13.7. The Morgan fingerprint density at radius 3 is 2.52 bits per heavy atom. The third kappa shape index (κ3) is 4.48. The highest BCUT2D eigenvalue weighted by Gasteiger charge is 2.20. The number of nitrogens with zero attached hydrogens (tertiary/aromatic N) is 3. The monoisotopic (exact) mass is 396 g/mol. The molecule has 150 valence electrons. The lowest BCUT2D eigenvalue weighted by Gasteiger charge is -2.12. The maximum atomic E-state index is 13.7. The van der Waals surface area contributed by atoms with E-state index in [0.29, 0.717) is 18.5 Å². The van der Waals surface area contributed by atoms with E-state index < -0.39 is 28.7 Å². The molecule has 0 saturated heterocycles. The first-order chi connectivity index (χ1) is 13.9. The van der Waals surface area contributed by atoms with Crippen molar-refractivity contribution in [2.45, 2.75) is 26.8 Å². The van der Waals surface area contributed by atoms with Crippen LogP contribution in [-0.2, 0) is 6.54 Å². The van der Waals surface area contributed by atoms with E-state index in [2.05, 4.69) is 10.4 Å². The van der Waals surface area contributed by atoms with Gasteiger partial charge in [-0.2, -0.15) is 9.78 Å². The highest BCUT2D eigenvalue weighted by atomic mass is 19.1. The van der Waals surface area contributed by atoms with Crippen molar-refractivity contribution in [3.05, 3.63) is 92.0 Å². The molecule has 8 heteroatoms. The van der Waals surface area contributed by atoms with Crippen LogP contribution in [0.2, 0.25) is 0 Å². The highest BCUT2D eigenvalue weighted by molar-refractivity contribution is 5.91. The Morgan fingerprint density at radius 2 is 1.86 bits per heavy atom. The number of aromatic nitrogens is 3. The molecule has 0 aliphatic rings. The minimum absolute atomic E-state index is 0.0379. The van der Waals surface area contributed by atoms with Crippen molar-refractivity contribution in [3.8, 4) is 5.69 Å². The molecule has 0 unspecified atom stereocenters. The summed E-state index contributed by atoms with van der Waals surface area (Å²) < 4.78 is 15.5. The molecule has 29 heavy (non-hydrogen) atoms.